The van der Waals surface area contributed by atoms with Gasteiger partial charge in [-0.1, -0.05) is 6.92 Å². The number of rotatable bonds is 4. The summed E-state index contributed by atoms with van der Waals surface area (Å²) in [4.78, 5) is 25.6. The highest BCUT2D eigenvalue weighted by Gasteiger charge is 2.17. The second kappa shape index (κ2) is 7.00. The van der Waals surface area contributed by atoms with Crippen molar-refractivity contribution in [1.29, 1.82) is 0 Å². The van der Waals surface area contributed by atoms with Crippen LogP contribution >= 0.6 is 0 Å². The lowest BCUT2D eigenvalue weighted by Crippen LogP contribution is -2.14. The molecule has 0 saturated heterocycles. The summed E-state index contributed by atoms with van der Waals surface area (Å²) < 4.78 is 43.2. The van der Waals surface area contributed by atoms with Gasteiger partial charge in [0.25, 0.3) is 11.4 Å². The van der Waals surface area contributed by atoms with Gasteiger partial charge in [-0.15, -0.1) is 0 Å². The first-order valence-electron chi connectivity index (χ1n) is 8.52. The highest BCUT2D eigenvalue weighted by molar-refractivity contribution is 5.55. The van der Waals surface area contributed by atoms with Gasteiger partial charge in [-0.3, -0.25) is 4.79 Å². The maximum Gasteiger partial charge on any atom is 0.291 e. The minimum Gasteiger partial charge on any atom is -0.491 e. The molecule has 11 heteroatoms. The molecular weight excluding hydrogens is 389 g/mol. The zero-order valence-corrected chi connectivity index (χ0v) is 14.9. The normalized spacial score (nSPS) is 11.3. The van der Waals surface area contributed by atoms with Gasteiger partial charge in [0, 0.05) is 6.42 Å². The number of aromatic nitrogens is 6. The second-order valence-electron chi connectivity index (χ2n) is 6.22. The molecule has 0 unspecified atom stereocenters. The zero-order chi connectivity index (χ0) is 20.7. The fraction of sp³-hybridized carbons (Fsp3) is 0.167. The Morgan fingerprint density at radius 1 is 1.14 bits per heavy atom. The van der Waals surface area contributed by atoms with Crippen LogP contribution in [0.1, 0.15) is 23.7 Å². The van der Waals surface area contributed by atoms with Crippen molar-refractivity contribution in [3.63, 3.8) is 0 Å². The average molecular weight is 402 g/mol. The van der Waals surface area contributed by atoms with Gasteiger partial charge in [0.05, 0.1) is 11.9 Å². The van der Waals surface area contributed by atoms with Gasteiger partial charge >= 0.3 is 0 Å². The van der Waals surface area contributed by atoms with E-state index in [1.54, 1.807) is 6.92 Å². The van der Waals surface area contributed by atoms with E-state index in [0.717, 1.165) is 12.1 Å². The molecule has 29 heavy (non-hydrogen) atoms. The van der Waals surface area contributed by atoms with Crippen LogP contribution in [0.3, 0.4) is 0 Å². The predicted octanol–water partition coefficient (Wildman–Crippen LogP) is 2.15. The zero-order valence-electron chi connectivity index (χ0n) is 14.9. The molecule has 0 aliphatic rings. The molecule has 3 heterocycles. The van der Waals surface area contributed by atoms with E-state index in [2.05, 4.69) is 25.0 Å². The van der Waals surface area contributed by atoms with Gasteiger partial charge in [0.2, 0.25) is 5.82 Å². The lowest BCUT2D eigenvalue weighted by atomic mass is 10.0. The number of aromatic hydroxyl groups is 1. The molecule has 3 aromatic heterocycles. The van der Waals surface area contributed by atoms with Crippen LogP contribution in [0.15, 0.2) is 29.5 Å². The fourth-order valence-corrected chi connectivity index (χ4v) is 2.91. The second-order valence-corrected chi connectivity index (χ2v) is 6.22. The number of hydrogen-bond donors (Lipinski definition) is 2. The van der Waals surface area contributed by atoms with Gasteiger partial charge in [-0.2, -0.15) is 14.5 Å². The third-order valence-electron chi connectivity index (χ3n) is 4.37. The van der Waals surface area contributed by atoms with Crippen molar-refractivity contribution in [1.82, 2.24) is 29.5 Å². The molecule has 0 amide bonds. The van der Waals surface area contributed by atoms with Crippen LogP contribution in [0.25, 0.3) is 17.2 Å². The quantitative estimate of drug-likeness (QED) is 0.541. The minimum atomic E-state index is -1.43. The minimum absolute atomic E-state index is 0.0245. The third kappa shape index (κ3) is 3.30. The van der Waals surface area contributed by atoms with E-state index in [9.17, 15) is 23.1 Å². The van der Waals surface area contributed by atoms with Crippen molar-refractivity contribution in [2.75, 3.05) is 0 Å². The monoisotopic (exact) mass is 402 g/mol. The Balaban J connectivity index is 1.85. The van der Waals surface area contributed by atoms with Gasteiger partial charge in [0.1, 0.15) is 23.7 Å². The first kappa shape index (κ1) is 18.6. The largest absolute Gasteiger partial charge is 0.491 e. The van der Waals surface area contributed by atoms with Crippen molar-refractivity contribution >= 4 is 5.65 Å². The summed E-state index contributed by atoms with van der Waals surface area (Å²) in [5.41, 5.74) is -0.355. The van der Waals surface area contributed by atoms with E-state index in [1.165, 1.54) is 17.0 Å². The number of aromatic amines is 1. The predicted molar refractivity (Wildman–Crippen MR) is 94.8 cm³/mol. The van der Waals surface area contributed by atoms with Crippen LogP contribution in [0, 0.1) is 17.5 Å². The fourth-order valence-electron chi connectivity index (χ4n) is 2.91. The Labute approximate surface area is 160 Å². The van der Waals surface area contributed by atoms with E-state index in [4.69, 9.17) is 0 Å². The van der Waals surface area contributed by atoms with E-state index in [1.807, 2.05) is 0 Å². The summed E-state index contributed by atoms with van der Waals surface area (Å²) in [6.07, 6.45) is 2.80. The number of hydrogen-bond acceptors (Lipinski definition) is 6. The van der Waals surface area contributed by atoms with E-state index < -0.39 is 28.9 Å². The number of halogens is 3. The van der Waals surface area contributed by atoms with Crippen LogP contribution in [0.5, 0.6) is 5.88 Å². The number of fused-ring (bicyclic) bond motifs is 1. The first-order valence-corrected chi connectivity index (χ1v) is 8.52. The molecule has 0 atom stereocenters. The van der Waals surface area contributed by atoms with Crippen molar-refractivity contribution in [2.45, 2.75) is 19.8 Å². The molecule has 0 radical (unpaired) electrons. The Kier molecular flexibility index (Phi) is 4.49. The maximum absolute atomic E-state index is 14.4. The summed E-state index contributed by atoms with van der Waals surface area (Å²) in [7, 11) is 0. The molecule has 0 aliphatic carbocycles. The number of aryl methyl sites for hydroxylation is 1. The van der Waals surface area contributed by atoms with E-state index >= 15 is 0 Å². The summed E-state index contributed by atoms with van der Waals surface area (Å²) in [5, 5.41) is 13.5. The molecular formula is C18H13F3N6O2. The Hall–Kier alpha value is -3.76. The molecule has 8 nitrogen and oxygen atoms in total. The number of benzene rings is 1. The molecule has 148 valence electrons. The number of H-pyrrole nitrogens is 1. The third-order valence-corrected chi connectivity index (χ3v) is 4.37. The van der Waals surface area contributed by atoms with Crippen LogP contribution in [0.2, 0.25) is 0 Å². The Bertz CT molecular complexity index is 1300. The van der Waals surface area contributed by atoms with Crippen molar-refractivity contribution < 1.29 is 18.3 Å². The summed E-state index contributed by atoms with van der Waals surface area (Å²) >= 11 is 0. The van der Waals surface area contributed by atoms with Crippen molar-refractivity contribution in [3.8, 4) is 17.4 Å². The Morgan fingerprint density at radius 2 is 1.86 bits per heavy atom. The van der Waals surface area contributed by atoms with E-state index in [0.29, 0.717) is 6.42 Å². The summed E-state index contributed by atoms with van der Waals surface area (Å²) in [5.74, 6) is -3.87. The standard InChI is InChI=1S/C18H13F3N6O2/c1-2-8-3-11(20)9(4-10(8)19)5-12-16-22-7-23-27(16)6-13(24-12)15-25-17(28)14(21)18(29)26-15/h3-4,6-7H,2,5H2,1H3,(H2,25,26,28,29). The molecule has 0 spiro atoms. The Morgan fingerprint density at radius 3 is 2.59 bits per heavy atom. The molecule has 2 N–H and O–H groups in total. The van der Waals surface area contributed by atoms with Gasteiger partial charge in [0.15, 0.2) is 11.5 Å². The van der Waals surface area contributed by atoms with Crippen LogP contribution in [-0.2, 0) is 12.8 Å². The van der Waals surface area contributed by atoms with Crippen LogP contribution < -0.4 is 5.56 Å². The highest BCUT2D eigenvalue weighted by atomic mass is 19.1. The SMILES string of the molecule is CCc1cc(F)c(Cc2nc(-c3nc(O)c(F)c(=O)[nH]3)cn3ncnc23)cc1F. The topological polar surface area (TPSA) is 109 Å². The average Bonchev–Trinajstić information content (AvgIpc) is 3.17. The summed E-state index contributed by atoms with van der Waals surface area (Å²) in [6.45, 7) is 1.72. The van der Waals surface area contributed by atoms with Crippen molar-refractivity contribution in [2.24, 2.45) is 0 Å². The molecule has 0 aliphatic heterocycles. The first-order chi connectivity index (χ1) is 13.9. The highest BCUT2D eigenvalue weighted by Crippen LogP contribution is 2.22. The van der Waals surface area contributed by atoms with Gasteiger partial charge in [-0.25, -0.2) is 23.3 Å². The van der Waals surface area contributed by atoms with Gasteiger partial charge in [-0.05, 0) is 29.7 Å². The molecule has 0 fully saturated rings. The summed E-state index contributed by atoms with van der Waals surface area (Å²) in [6, 6.07) is 2.23. The molecule has 4 rings (SSSR count). The van der Waals surface area contributed by atoms with Crippen LogP contribution in [-0.4, -0.2) is 34.7 Å². The number of nitrogens with one attached hydrogen (secondary N) is 1. The molecule has 1 aromatic carbocycles. The smallest absolute Gasteiger partial charge is 0.291 e. The molecule has 0 saturated carbocycles. The molecule has 0 bridgehead atoms. The molecule has 4 aromatic rings. The van der Waals surface area contributed by atoms with E-state index in [-0.39, 0.29) is 40.4 Å². The number of nitrogens with zero attached hydrogens (tertiary/aromatic N) is 5. The van der Waals surface area contributed by atoms with Crippen molar-refractivity contribution in [3.05, 3.63) is 69.3 Å². The van der Waals surface area contributed by atoms with Crippen LogP contribution in [0.4, 0.5) is 13.2 Å². The lowest BCUT2D eigenvalue weighted by molar-refractivity contribution is 0.405. The van der Waals surface area contributed by atoms with Gasteiger partial charge < -0.3 is 10.1 Å². The lowest BCUT2D eigenvalue weighted by Gasteiger charge is -2.09. The maximum atomic E-state index is 14.4.